The molecule has 30 heavy (non-hydrogen) atoms. The van der Waals surface area contributed by atoms with Crippen molar-refractivity contribution in [2.75, 3.05) is 11.1 Å². The summed E-state index contributed by atoms with van der Waals surface area (Å²) in [6, 6.07) is 13.5. The lowest BCUT2D eigenvalue weighted by Crippen LogP contribution is -2.14. The number of rotatable bonds is 8. The van der Waals surface area contributed by atoms with E-state index in [1.54, 1.807) is 6.07 Å². The summed E-state index contributed by atoms with van der Waals surface area (Å²) in [5, 5.41) is 12.5. The maximum absolute atomic E-state index is 12.2. The van der Waals surface area contributed by atoms with Crippen LogP contribution in [0.3, 0.4) is 0 Å². The van der Waals surface area contributed by atoms with E-state index in [0.29, 0.717) is 34.2 Å². The number of anilines is 1. The molecule has 0 atom stereocenters. The molecule has 3 aromatic rings. The largest absolute Gasteiger partial charge is 0.486 e. The summed E-state index contributed by atoms with van der Waals surface area (Å²) in [7, 11) is 1.86. The normalized spacial score (nSPS) is 11.0. The number of carbonyl (C=O) groups is 1. The van der Waals surface area contributed by atoms with Crippen molar-refractivity contribution in [3.05, 3.63) is 64.4 Å². The Kier molecular flexibility index (Phi) is 7.39. The molecule has 8 heteroatoms. The molecular weight excluding hydrogens is 420 g/mol. The molecule has 1 amide bonds. The molecule has 0 aliphatic carbocycles. The first-order valence-electron chi connectivity index (χ1n) is 9.63. The number of hydrogen-bond acceptors (Lipinski definition) is 5. The average molecular weight is 445 g/mol. The fraction of sp³-hybridized carbons (Fsp3) is 0.318. The van der Waals surface area contributed by atoms with Crippen molar-refractivity contribution in [3.8, 4) is 5.75 Å². The zero-order valence-corrected chi connectivity index (χ0v) is 19.0. The first kappa shape index (κ1) is 22.2. The minimum absolute atomic E-state index is 0.133. The quantitative estimate of drug-likeness (QED) is 0.483. The van der Waals surface area contributed by atoms with Gasteiger partial charge >= 0.3 is 0 Å². The summed E-state index contributed by atoms with van der Waals surface area (Å²) >= 11 is 7.42. The van der Waals surface area contributed by atoms with Gasteiger partial charge < -0.3 is 14.6 Å². The smallest absolute Gasteiger partial charge is 0.234 e. The standard InChI is InChI=1S/C22H25ClN4O2S/c1-14(2)16-6-9-18(10-7-16)29-12-20-25-26-22(27(20)4)30-13-21(28)24-17-8-5-15(3)19(23)11-17/h5-11,14H,12-13H2,1-4H3,(H,24,28). The molecule has 0 unspecified atom stereocenters. The predicted molar refractivity (Wildman–Crippen MR) is 121 cm³/mol. The highest BCUT2D eigenvalue weighted by Gasteiger charge is 2.13. The number of aromatic nitrogens is 3. The lowest BCUT2D eigenvalue weighted by molar-refractivity contribution is -0.113. The number of carbonyl (C=O) groups excluding carboxylic acids is 1. The molecule has 0 aliphatic heterocycles. The van der Waals surface area contributed by atoms with Crippen molar-refractivity contribution >= 4 is 35.0 Å². The molecule has 3 rings (SSSR count). The molecule has 0 aliphatic rings. The highest BCUT2D eigenvalue weighted by molar-refractivity contribution is 7.99. The fourth-order valence-corrected chi connectivity index (χ4v) is 3.60. The van der Waals surface area contributed by atoms with Gasteiger partial charge in [0.15, 0.2) is 11.0 Å². The Labute approximate surface area is 186 Å². The van der Waals surface area contributed by atoms with E-state index in [-0.39, 0.29) is 11.7 Å². The number of aryl methyl sites for hydroxylation is 1. The number of halogens is 1. The summed E-state index contributed by atoms with van der Waals surface area (Å²) in [4.78, 5) is 12.2. The Morgan fingerprint density at radius 3 is 2.60 bits per heavy atom. The van der Waals surface area contributed by atoms with Crippen molar-refractivity contribution in [1.29, 1.82) is 0 Å². The number of hydrogen-bond donors (Lipinski definition) is 1. The van der Waals surface area contributed by atoms with E-state index >= 15 is 0 Å². The van der Waals surface area contributed by atoms with Gasteiger partial charge in [0.25, 0.3) is 0 Å². The number of nitrogens with one attached hydrogen (secondary N) is 1. The monoisotopic (exact) mass is 444 g/mol. The number of benzene rings is 2. The molecule has 1 aromatic heterocycles. The molecule has 0 bridgehead atoms. The second-order valence-corrected chi connectivity index (χ2v) is 8.62. The van der Waals surface area contributed by atoms with E-state index in [2.05, 4.69) is 41.5 Å². The Balaban J connectivity index is 1.52. The highest BCUT2D eigenvalue weighted by atomic mass is 35.5. The SMILES string of the molecule is Cc1ccc(NC(=O)CSc2nnc(COc3ccc(C(C)C)cc3)n2C)cc1Cl. The third kappa shape index (κ3) is 5.77. The van der Waals surface area contributed by atoms with Gasteiger partial charge in [-0.25, -0.2) is 0 Å². The van der Waals surface area contributed by atoms with Crippen molar-refractivity contribution in [2.45, 2.75) is 38.5 Å². The summed E-state index contributed by atoms with van der Waals surface area (Å²) in [6.45, 7) is 6.54. The zero-order valence-electron chi connectivity index (χ0n) is 17.5. The summed E-state index contributed by atoms with van der Waals surface area (Å²) in [6.07, 6.45) is 0. The third-order valence-electron chi connectivity index (χ3n) is 4.63. The van der Waals surface area contributed by atoms with Crippen molar-refractivity contribution < 1.29 is 9.53 Å². The first-order valence-corrected chi connectivity index (χ1v) is 11.0. The van der Waals surface area contributed by atoms with Crippen molar-refractivity contribution in [2.24, 2.45) is 7.05 Å². The first-order chi connectivity index (χ1) is 14.3. The van der Waals surface area contributed by atoms with Crippen LogP contribution in [0.2, 0.25) is 5.02 Å². The van der Waals surface area contributed by atoms with Crippen LogP contribution in [0.1, 0.15) is 36.7 Å². The van der Waals surface area contributed by atoms with Gasteiger partial charge in [-0.05, 0) is 48.2 Å². The minimum atomic E-state index is -0.133. The molecule has 2 aromatic carbocycles. The van der Waals surface area contributed by atoms with Gasteiger partial charge in [0.05, 0.1) is 5.75 Å². The van der Waals surface area contributed by atoms with E-state index in [1.807, 2.05) is 42.8 Å². The highest BCUT2D eigenvalue weighted by Crippen LogP contribution is 2.22. The van der Waals surface area contributed by atoms with E-state index in [9.17, 15) is 4.79 Å². The molecule has 1 heterocycles. The minimum Gasteiger partial charge on any atom is -0.486 e. The topological polar surface area (TPSA) is 69.0 Å². The molecule has 158 valence electrons. The van der Waals surface area contributed by atoms with Crippen LogP contribution in [0.15, 0.2) is 47.6 Å². The summed E-state index contributed by atoms with van der Waals surface area (Å²) in [5.41, 5.74) is 2.91. The predicted octanol–water partition coefficient (Wildman–Crippen LogP) is 5.21. The fourth-order valence-electron chi connectivity index (χ4n) is 2.69. The maximum atomic E-state index is 12.2. The molecular formula is C22H25ClN4O2S. The van der Waals surface area contributed by atoms with Gasteiger partial charge in [-0.15, -0.1) is 10.2 Å². The van der Waals surface area contributed by atoms with Crippen molar-refractivity contribution in [1.82, 2.24) is 14.8 Å². The van der Waals surface area contributed by atoms with Gasteiger partial charge in [-0.2, -0.15) is 0 Å². The van der Waals surface area contributed by atoms with Gasteiger partial charge in [-0.3, -0.25) is 4.79 Å². The molecule has 0 fully saturated rings. The molecule has 0 saturated carbocycles. The Bertz CT molecular complexity index is 1020. The van der Waals surface area contributed by atoms with Gasteiger partial charge in [-0.1, -0.05) is 55.4 Å². The molecule has 0 radical (unpaired) electrons. The number of thioether (sulfide) groups is 1. The molecule has 0 saturated heterocycles. The Morgan fingerprint density at radius 1 is 1.20 bits per heavy atom. The van der Waals surface area contributed by atoms with Crippen molar-refractivity contribution in [3.63, 3.8) is 0 Å². The Hall–Kier alpha value is -2.51. The Morgan fingerprint density at radius 2 is 1.93 bits per heavy atom. The van der Waals surface area contributed by atoms with Crippen LogP contribution < -0.4 is 10.1 Å². The van der Waals surface area contributed by atoms with Crippen LogP contribution in [-0.4, -0.2) is 26.4 Å². The van der Waals surface area contributed by atoms with Crippen LogP contribution in [0.4, 0.5) is 5.69 Å². The summed E-state index contributed by atoms with van der Waals surface area (Å²) < 4.78 is 7.66. The molecule has 6 nitrogen and oxygen atoms in total. The van der Waals surface area contributed by atoms with Crippen LogP contribution in [0.5, 0.6) is 5.75 Å². The lowest BCUT2D eigenvalue weighted by atomic mass is 10.0. The summed E-state index contributed by atoms with van der Waals surface area (Å²) in [5.74, 6) is 2.04. The van der Waals surface area contributed by atoms with Gasteiger partial charge in [0.1, 0.15) is 12.4 Å². The van der Waals surface area contributed by atoms with Gasteiger partial charge in [0, 0.05) is 17.8 Å². The lowest BCUT2D eigenvalue weighted by Gasteiger charge is -2.09. The van der Waals surface area contributed by atoms with Crippen LogP contribution >= 0.6 is 23.4 Å². The van der Waals surface area contributed by atoms with Crippen LogP contribution in [0, 0.1) is 6.92 Å². The average Bonchev–Trinajstić information content (AvgIpc) is 3.07. The van der Waals surface area contributed by atoms with E-state index in [4.69, 9.17) is 16.3 Å². The maximum Gasteiger partial charge on any atom is 0.234 e. The van der Waals surface area contributed by atoms with Gasteiger partial charge in [0.2, 0.25) is 5.91 Å². The van der Waals surface area contributed by atoms with Crippen LogP contribution in [-0.2, 0) is 18.4 Å². The van der Waals surface area contributed by atoms with E-state index in [1.165, 1.54) is 17.3 Å². The number of nitrogens with zero attached hydrogens (tertiary/aromatic N) is 3. The number of ether oxygens (including phenoxy) is 1. The second kappa shape index (κ2) is 10.00. The zero-order chi connectivity index (χ0) is 21.7. The van der Waals surface area contributed by atoms with Crippen LogP contribution in [0.25, 0.3) is 0 Å². The second-order valence-electron chi connectivity index (χ2n) is 7.27. The molecule has 0 spiro atoms. The van der Waals surface area contributed by atoms with E-state index in [0.717, 1.165) is 11.3 Å². The third-order valence-corrected chi connectivity index (χ3v) is 6.06. The van der Waals surface area contributed by atoms with E-state index < -0.39 is 0 Å². The number of amides is 1. The molecule has 1 N–H and O–H groups in total.